The molecule has 3 nitrogen and oxygen atoms in total. The molecule has 106 valence electrons. The molecular weight excluding hydrogens is 274 g/mol. The van der Waals surface area contributed by atoms with Gasteiger partial charge in [-0.05, 0) is 17.5 Å². The number of carbonyl (C=O) groups is 1. The first-order valence-electron chi connectivity index (χ1n) is 7.07. The van der Waals surface area contributed by atoms with Crippen LogP contribution in [0, 0.1) is 0 Å². The smallest absolute Gasteiger partial charge is 0.256 e. The van der Waals surface area contributed by atoms with Crippen LogP contribution in [-0.4, -0.2) is 11.0 Å². The van der Waals surface area contributed by atoms with E-state index >= 15 is 0 Å². The zero-order chi connectivity index (χ0) is 15.1. The Morgan fingerprint density at radius 1 is 0.909 bits per heavy atom. The summed E-state index contributed by atoms with van der Waals surface area (Å²) in [6.07, 6.45) is 1.74. The van der Waals surface area contributed by atoms with Crippen molar-refractivity contribution in [1.82, 2.24) is 0 Å². The summed E-state index contributed by atoms with van der Waals surface area (Å²) in [6.45, 7) is 0. The predicted molar refractivity (Wildman–Crippen MR) is 88.6 cm³/mol. The van der Waals surface area contributed by atoms with Gasteiger partial charge in [0.05, 0.1) is 0 Å². The van der Waals surface area contributed by atoms with Gasteiger partial charge in [0.2, 0.25) is 0 Å². The summed E-state index contributed by atoms with van der Waals surface area (Å²) in [6, 6.07) is 19.0. The number of nitrogens with one attached hydrogen (secondary N) is 1. The number of carbonyl (C=O) groups excluding carboxylic acids is 1. The van der Waals surface area contributed by atoms with Gasteiger partial charge in [0.25, 0.3) is 5.91 Å². The molecule has 3 heteroatoms. The van der Waals surface area contributed by atoms with Crippen molar-refractivity contribution in [2.45, 2.75) is 0 Å². The van der Waals surface area contributed by atoms with E-state index in [0.717, 1.165) is 22.0 Å². The zero-order valence-electron chi connectivity index (χ0n) is 11.7. The minimum atomic E-state index is -0.145. The Morgan fingerprint density at radius 2 is 1.68 bits per heavy atom. The molecule has 0 saturated heterocycles. The van der Waals surface area contributed by atoms with Crippen molar-refractivity contribution in [1.29, 1.82) is 0 Å². The van der Waals surface area contributed by atoms with E-state index in [2.05, 4.69) is 5.32 Å². The van der Waals surface area contributed by atoms with E-state index in [1.54, 1.807) is 6.08 Å². The van der Waals surface area contributed by atoms with E-state index in [9.17, 15) is 9.90 Å². The highest BCUT2D eigenvalue weighted by Crippen LogP contribution is 2.36. The Labute approximate surface area is 127 Å². The van der Waals surface area contributed by atoms with E-state index in [1.807, 2.05) is 60.7 Å². The van der Waals surface area contributed by atoms with Gasteiger partial charge in [0.15, 0.2) is 0 Å². The van der Waals surface area contributed by atoms with Crippen LogP contribution >= 0.6 is 0 Å². The maximum atomic E-state index is 12.1. The van der Waals surface area contributed by atoms with Crippen LogP contribution in [0.25, 0.3) is 22.4 Å². The fourth-order valence-corrected chi connectivity index (χ4v) is 2.83. The van der Waals surface area contributed by atoms with Crippen molar-refractivity contribution in [3.63, 3.8) is 0 Å². The van der Waals surface area contributed by atoms with Crippen LogP contribution in [0.3, 0.4) is 0 Å². The van der Waals surface area contributed by atoms with Crippen molar-refractivity contribution in [3.8, 4) is 5.75 Å². The molecule has 3 aromatic carbocycles. The highest BCUT2D eigenvalue weighted by atomic mass is 16.3. The monoisotopic (exact) mass is 287 g/mol. The number of hydrogen-bond acceptors (Lipinski definition) is 2. The molecule has 2 N–H and O–H groups in total. The van der Waals surface area contributed by atoms with Crippen molar-refractivity contribution < 1.29 is 9.90 Å². The summed E-state index contributed by atoms with van der Waals surface area (Å²) >= 11 is 0. The van der Waals surface area contributed by atoms with Gasteiger partial charge in [-0.3, -0.25) is 4.79 Å². The Balaban J connectivity index is 1.90. The number of phenols is 1. The maximum absolute atomic E-state index is 12.1. The number of anilines is 1. The van der Waals surface area contributed by atoms with Crippen LogP contribution in [0.1, 0.15) is 11.1 Å². The minimum absolute atomic E-state index is 0.145. The number of para-hydroxylation sites is 1. The van der Waals surface area contributed by atoms with Crippen LogP contribution in [-0.2, 0) is 4.79 Å². The van der Waals surface area contributed by atoms with E-state index in [-0.39, 0.29) is 11.7 Å². The first-order chi connectivity index (χ1) is 10.7. The molecule has 4 rings (SSSR count). The molecular formula is C19H13NO2. The summed E-state index contributed by atoms with van der Waals surface area (Å²) in [5, 5.41) is 15.1. The third-order valence-corrected chi connectivity index (χ3v) is 3.94. The highest BCUT2D eigenvalue weighted by molar-refractivity contribution is 6.35. The molecule has 1 aliphatic heterocycles. The molecule has 22 heavy (non-hydrogen) atoms. The van der Waals surface area contributed by atoms with Gasteiger partial charge in [-0.15, -0.1) is 0 Å². The fraction of sp³-hybridized carbons (Fsp3) is 0. The molecule has 0 fully saturated rings. The Hall–Kier alpha value is -3.07. The average Bonchev–Trinajstić information content (AvgIpc) is 2.86. The second kappa shape index (κ2) is 4.74. The van der Waals surface area contributed by atoms with Crippen LogP contribution in [0.5, 0.6) is 5.75 Å². The molecule has 0 bridgehead atoms. The summed E-state index contributed by atoms with van der Waals surface area (Å²) in [5.41, 5.74) is 2.88. The van der Waals surface area contributed by atoms with Crippen LogP contribution in [0.15, 0.2) is 60.7 Å². The van der Waals surface area contributed by atoms with Crippen LogP contribution < -0.4 is 5.32 Å². The molecule has 0 spiro atoms. The maximum Gasteiger partial charge on any atom is 0.256 e. The summed E-state index contributed by atoms with van der Waals surface area (Å²) < 4.78 is 0. The van der Waals surface area contributed by atoms with Gasteiger partial charge in [0, 0.05) is 27.8 Å². The van der Waals surface area contributed by atoms with Gasteiger partial charge >= 0.3 is 0 Å². The molecule has 3 aromatic rings. The lowest BCUT2D eigenvalue weighted by molar-refractivity contribution is -0.110. The van der Waals surface area contributed by atoms with E-state index < -0.39 is 0 Å². The molecule has 0 radical (unpaired) electrons. The molecule has 0 unspecified atom stereocenters. The standard InChI is InChI=1S/C19H13NO2/c21-18-13(10-9-12-5-1-2-6-14(12)18)11-16-15-7-3-4-8-17(15)20-19(16)22/h1-11,21H,(H,20,22)/b16-11+. The number of amides is 1. The quantitative estimate of drug-likeness (QED) is 0.664. The Morgan fingerprint density at radius 3 is 2.59 bits per heavy atom. The minimum Gasteiger partial charge on any atom is -0.507 e. The number of phenolic OH excluding ortho intramolecular Hbond substituents is 1. The second-order valence-corrected chi connectivity index (χ2v) is 5.28. The Kier molecular flexibility index (Phi) is 2.73. The predicted octanol–water partition coefficient (Wildman–Crippen LogP) is 4.04. The lowest BCUT2D eigenvalue weighted by Gasteiger charge is -2.05. The number of rotatable bonds is 1. The molecule has 1 amide bonds. The normalized spacial score (nSPS) is 15.1. The van der Waals surface area contributed by atoms with Crippen molar-refractivity contribution in [2.75, 3.05) is 5.32 Å². The van der Waals surface area contributed by atoms with Crippen LogP contribution in [0.2, 0.25) is 0 Å². The SMILES string of the molecule is O=C1Nc2ccccc2/C1=C\c1ccc2ccccc2c1O. The summed E-state index contributed by atoms with van der Waals surface area (Å²) in [5.74, 6) is 0.0524. The molecule has 0 aromatic heterocycles. The van der Waals surface area contributed by atoms with Crippen molar-refractivity contribution in [3.05, 3.63) is 71.8 Å². The molecule has 0 saturated carbocycles. The molecule has 1 heterocycles. The number of hydrogen-bond donors (Lipinski definition) is 2. The zero-order valence-corrected chi connectivity index (χ0v) is 11.7. The van der Waals surface area contributed by atoms with E-state index in [4.69, 9.17) is 0 Å². The second-order valence-electron chi connectivity index (χ2n) is 5.28. The third-order valence-electron chi connectivity index (χ3n) is 3.94. The van der Waals surface area contributed by atoms with E-state index in [0.29, 0.717) is 11.1 Å². The largest absolute Gasteiger partial charge is 0.507 e. The highest BCUT2D eigenvalue weighted by Gasteiger charge is 2.23. The number of benzene rings is 3. The molecule has 0 aliphatic carbocycles. The fourth-order valence-electron chi connectivity index (χ4n) is 2.83. The van der Waals surface area contributed by atoms with Crippen molar-refractivity contribution in [2.24, 2.45) is 0 Å². The average molecular weight is 287 g/mol. The topological polar surface area (TPSA) is 49.3 Å². The van der Waals surface area contributed by atoms with Crippen LogP contribution in [0.4, 0.5) is 5.69 Å². The number of aromatic hydroxyl groups is 1. The van der Waals surface area contributed by atoms with Gasteiger partial charge in [-0.1, -0.05) is 54.6 Å². The molecule has 0 atom stereocenters. The third kappa shape index (κ3) is 1.87. The first-order valence-corrected chi connectivity index (χ1v) is 7.07. The summed E-state index contributed by atoms with van der Waals surface area (Å²) in [4.78, 5) is 12.1. The van der Waals surface area contributed by atoms with Gasteiger partial charge < -0.3 is 10.4 Å². The number of fused-ring (bicyclic) bond motifs is 2. The lowest BCUT2D eigenvalue weighted by atomic mass is 10.0. The Bertz CT molecular complexity index is 941. The summed E-state index contributed by atoms with van der Waals surface area (Å²) in [7, 11) is 0. The van der Waals surface area contributed by atoms with Gasteiger partial charge in [0.1, 0.15) is 5.75 Å². The first kappa shape index (κ1) is 12.7. The molecule has 1 aliphatic rings. The van der Waals surface area contributed by atoms with Gasteiger partial charge in [-0.25, -0.2) is 0 Å². The van der Waals surface area contributed by atoms with Gasteiger partial charge in [-0.2, -0.15) is 0 Å². The van der Waals surface area contributed by atoms with Crippen molar-refractivity contribution >= 4 is 34.0 Å². The van der Waals surface area contributed by atoms with E-state index in [1.165, 1.54) is 0 Å². The lowest BCUT2D eigenvalue weighted by Crippen LogP contribution is -2.03.